The number of para-hydroxylation sites is 1. The van der Waals surface area contributed by atoms with E-state index < -0.39 is 0 Å². The van der Waals surface area contributed by atoms with Crippen molar-refractivity contribution in [3.05, 3.63) is 63.6 Å². The molecule has 5 heteroatoms. The fraction of sp³-hybridized carbons (Fsp3) is 0.188. The number of halogens is 2. The van der Waals surface area contributed by atoms with Crippen molar-refractivity contribution in [1.29, 1.82) is 0 Å². The van der Waals surface area contributed by atoms with E-state index in [0.717, 1.165) is 5.56 Å². The predicted molar refractivity (Wildman–Crippen MR) is 85.5 cm³/mol. The van der Waals surface area contributed by atoms with Gasteiger partial charge >= 0.3 is 0 Å². The largest absolute Gasteiger partial charge is 0.490 e. The molecule has 0 fully saturated rings. The Balaban J connectivity index is 1.83. The Morgan fingerprint density at radius 1 is 1.14 bits per heavy atom. The van der Waals surface area contributed by atoms with Gasteiger partial charge in [0.15, 0.2) is 0 Å². The van der Waals surface area contributed by atoms with Crippen LogP contribution in [0, 0.1) is 6.92 Å². The summed E-state index contributed by atoms with van der Waals surface area (Å²) in [4.78, 5) is 12.0. The van der Waals surface area contributed by atoms with Crippen LogP contribution in [-0.2, 0) is 0 Å². The van der Waals surface area contributed by atoms with Gasteiger partial charge in [0, 0.05) is 0 Å². The lowest BCUT2D eigenvalue weighted by Gasteiger charge is -2.09. The molecule has 0 spiro atoms. The third-order valence-corrected chi connectivity index (χ3v) is 3.48. The third-order valence-electron chi connectivity index (χ3n) is 2.85. The highest BCUT2D eigenvalue weighted by molar-refractivity contribution is 6.34. The molecule has 0 saturated heterocycles. The average Bonchev–Trinajstić information content (AvgIpc) is 2.45. The number of benzene rings is 2. The smallest absolute Gasteiger partial charge is 0.252 e. The van der Waals surface area contributed by atoms with Crippen LogP contribution in [0.2, 0.25) is 10.0 Å². The Bertz CT molecular complexity index is 644. The van der Waals surface area contributed by atoms with E-state index in [2.05, 4.69) is 5.32 Å². The number of aryl methyl sites for hydroxylation is 1. The molecule has 3 nitrogen and oxygen atoms in total. The Hall–Kier alpha value is -1.71. The number of hydrogen-bond donors (Lipinski definition) is 1. The molecule has 0 aliphatic carbocycles. The van der Waals surface area contributed by atoms with Gasteiger partial charge in [-0.15, -0.1) is 0 Å². The molecule has 0 unspecified atom stereocenters. The molecule has 2 rings (SSSR count). The Kier molecular flexibility index (Phi) is 5.48. The summed E-state index contributed by atoms with van der Waals surface area (Å²) in [6.07, 6.45) is 0. The standard InChI is InChI=1S/C16H15Cl2NO2/c1-11-6-7-12(14(18)10-11)16(20)19-8-9-21-15-5-3-2-4-13(15)17/h2-7,10H,8-9H2,1H3,(H,19,20). The molecule has 0 bridgehead atoms. The maximum absolute atomic E-state index is 12.0. The second kappa shape index (κ2) is 7.34. The summed E-state index contributed by atoms with van der Waals surface area (Å²) in [5.74, 6) is 0.379. The zero-order valence-electron chi connectivity index (χ0n) is 11.5. The maximum atomic E-state index is 12.0. The van der Waals surface area contributed by atoms with E-state index in [-0.39, 0.29) is 5.91 Å². The van der Waals surface area contributed by atoms with Gasteiger partial charge in [-0.1, -0.05) is 41.4 Å². The summed E-state index contributed by atoms with van der Waals surface area (Å²) in [6.45, 7) is 2.62. The van der Waals surface area contributed by atoms with Gasteiger partial charge in [0.1, 0.15) is 12.4 Å². The van der Waals surface area contributed by atoms with Gasteiger partial charge in [-0.25, -0.2) is 0 Å². The van der Waals surface area contributed by atoms with Gasteiger partial charge in [0.25, 0.3) is 5.91 Å². The van der Waals surface area contributed by atoms with E-state index in [4.69, 9.17) is 27.9 Å². The van der Waals surface area contributed by atoms with Crippen LogP contribution in [0.15, 0.2) is 42.5 Å². The monoisotopic (exact) mass is 323 g/mol. The summed E-state index contributed by atoms with van der Waals surface area (Å²) in [5.41, 5.74) is 1.47. The van der Waals surface area contributed by atoms with Gasteiger partial charge in [-0.2, -0.15) is 0 Å². The fourth-order valence-electron chi connectivity index (χ4n) is 1.79. The van der Waals surface area contributed by atoms with Crippen LogP contribution in [0.3, 0.4) is 0 Å². The number of amides is 1. The minimum absolute atomic E-state index is 0.220. The van der Waals surface area contributed by atoms with Gasteiger partial charge in [-0.3, -0.25) is 4.79 Å². The van der Waals surface area contributed by atoms with Crippen molar-refractivity contribution in [3.8, 4) is 5.75 Å². The number of nitrogens with one attached hydrogen (secondary N) is 1. The number of carbonyl (C=O) groups excluding carboxylic acids is 1. The van der Waals surface area contributed by atoms with Crippen LogP contribution in [0.25, 0.3) is 0 Å². The van der Waals surface area contributed by atoms with Gasteiger partial charge in [0.05, 0.1) is 22.2 Å². The summed E-state index contributed by atoms with van der Waals surface area (Å²) < 4.78 is 5.49. The van der Waals surface area contributed by atoms with Crippen LogP contribution in [-0.4, -0.2) is 19.1 Å². The van der Waals surface area contributed by atoms with Crippen molar-refractivity contribution in [2.75, 3.05) is 13.2 Å². The molecule has 0 radical (unpaired) electrons. The van der Waals surface area contributed by atoms with Crippen LogP contribution in [0.1, 0.15) is 15.9 Å². The van der Waals surface area contributed by atoms with Crippen molar-refractivity contribution < 1.29 is 9.53 Å². The first kappa shape index (κ1) is 15.7. The highest BCUT2D eigenvalue weighted by atomic mass is 35.5. The lowest BCUT2D eigenvalue weighted by Crippen LogP contribution is -2.28. The molecule has 0 saturated carbocycles. The minimum Gasteiger partial charge on any atom is -0.490 e. The summed E-state index contributed by atoms with van der Waals surface area (Å²) in [6, 6.07) is 12.5. The quantitative estimate of drug-likeness (QED) is 0.841. The van der Waals surface area contributed by atoms with E-state index in [1.54, 1.807) is 24.3 Å². The zero-order valence-corrected chi connectivity index (χ0v) is 13.0. The van der Waals surface area contributed by atoms with Crippen LogP contribution >= 0.6 is 23.2 Å². The van der Waals surface area contributed by atoms with E-state index in [1.165, 1.54) is 0 Å². The molecule has 1 amide bonds. The van der Waals surface area contributed by atoms with E-state index in [0.29, 0.717) is 34.5 Å². The average molecular weight is 324 g/mol. The predicted octanol–water partition coefficient (Wildman–Crippen LogP) is 4.11. The summed E-state index contributed by atoms with van der Waals surface area (Å²) in [5, 5.41) is 3.75. The molecule has 21 heavy (non-hydrogen) atoms. The lowest BCUT2D eigenvalue weighted by atomic mass is 10.1. The zero-order chi connectivity index (χ0) is 15.2. The highest BCUT2D eigenvalue weighted by Gasteiger charge is 2.09. The van der Waals surface area contributed by atoms with Crippen molar-refractivity contribution in [2.24, 2.45) is 0 Å². The van der Waals surface area contributed by atoms with Crippen molar-refractivity contribution in [2.45, 2.75) is 6.92 Å². The molecule has 2 aromatic rings. The number of hydrogen-bond acceptors (Lipinski definition) is 2. The van der Waals surface area contributed by atoms with E-state index in [9.17, 15) is 4.79 Å². The van der Waals surface area contributed by atoms with Gasteiger partial charge in [0.2, 0.25) is 0 Å². The summed E-state index contributed by atoms with van der Waals surface area (Å²) >= 11 is 12.0. The Morgan fingerprint density at radius 3 is 2.62 bits per heavy atom. The molecule has 0 atom stereocenters. The molecule has 0 aliphatic heterocycles. The van der Waals surface area contributed by atoms with Gasteiger partial charge < -0.3 is 10.1 Å². The topological polar surface area (TPSA) is 38.3 Å². The van der Waals surface area contributed by atoms with Crippen molar-refractivity contribution in [1.82, 2.24) is 5.32 Å². The molecule has 0 aliphatic rings. The molecular formula is C16H15Cl2NO2. The SMILES string of the molecule is Cc1ccc(C(=O)NCCOc2ccccc2Cl)c(Cl)c1. The van der Waals surface area contributed by atoms with Crippen LogP contribution in [0.5, 0.6) is 5.75 Å². The summed E-state index contributed by atoms with van der Waals surface area (Å²) in [7, 11) is 0. The first-order chi connectivity index (χ1) is 10.1. The first-order valence-corrected chi connectivity index (χ1v) is 7.25. The molecule has 0 aromatic heterocycles. The number of rotatable bonds is 5. The highest BCUT2D eigenvalue weighted by Crippen LogP contribution is 2.22. The van der Waals surface area contributed by atoms with Gasteiger partial charge in [-0.05, 0) is 36.8 Å². The molecular weight excluding hydrogens is 309 g/mol. The lowest BCUT2D eigenvalue weighted by molar-refractivity contribution is 0.0947. The molecule has 110 valence electrons. The maximum Gasteiger partial charge on any atom is 0.252 e. The van der Waals surface area contributed by atoms with Crippen molar-refractivity contribution in [3.63, 3.8) is 0 Å². The molecule has 0 heterocycles. The Labute approximate surface area is 133 Å². The first-order valence-electron chi connectivity index (χ1n) is 6.49. The molecule has 2 aromatic carbocycles. The normalized spacial score (nSPS) is 10.2. The van der Waals surface area contributed by atoms with Crippen LogP contribution in [0.4, 0.5) is 0 Å². The second-order valence-corrected chi connectivity index (χ2v) is 5.33. The number of carbonyl (C=O) groups is 1. The third kappa shape index (κ3) is 4.38. The fourth-order valence-corrected chi connectivity index (χ4v) is 2.30. The molecule has 1 N–H and O–H groups in total. The number of ether oxygens (including phenoxy) is 1. The van der Waals surface area contributed by atoms with Crippen molar-refractivity contribution >= 4 is 29.1 Å². The van der Waals surface area contributed by atoms with E-state index in [1.807, 2.05) is 25.1 Å². The minimum atomic E-state index is -0.220. The second-order valence-electron chi connectivity index (χ2n) is 4.52. The van der Waals surface area contributed by atoms with Crippen LogP contribution < -0.4 is 10.1 Å². The Morgan fingerprint density at radius 2 is 1.90 bits per heavy atom. The van der Waals surface area contributed by atoms with E-state index >= 15 is 0 Å².